The van der Waals surface area contributed by atoms with E-state index in [1.807, 2.05) is 12.3 Å². The minimum Gasteiger partial charge on any atom is -0.472 e. The first kappa shape index (κ1) is 17.0. The van der Waals surface area contributed by atoms with Gasteiger partial charge in [0.2, 0.25) is 0 Å². The van der Waals surface area contributed by atoms with Crippen molar-refractivity contribution in [2.24, 2.45) is 0 Å². The molecular formula is C18H30N2O3. The van der Waals surface area contributed by atoms with Crippen LogP contribution in [-0.2, 0) is 16.0 Å². The van der Waals surface area contributed by atoms with Gasteiger partial charge in [-0.1, -0.05) is 0 Å². The van der Waals surface area contributed by atoms with Crippen LogP contribution in [0.4, 0.5) is 0 Å². The number of likely N-dealkylation sites (N-methyl/N-ethyl adjacent to an activating group) is 1. The fraction of sp³-hybridized carbons (Fsp3) is 0.778. The molecule has 0 bridgehead atoms. The predicted octanol–water partition coefficient (Wildman–Crippen LogP) is 2.37. The molecule has 1 aromatic rings. The summed E-state index contributed by atoms with van der Waals surface area (Å²) >= 11 is 0. The lowest BCUT2D eigenvalue weighted by molar-refractivity contribution is -0.0924. The van der Waals surface area contributed by atoms with Gasteiger partial charge >= 0.3 is 0 Å². The molecule has 0 aliphatic carbocycles. The molecule has 0 N–H and O–H groups in total. The molecule has 3 heterocycles. The van der Waals surface area contributed by atoms with Gasteiger partial charge < -0.3 is 18.8 Å². The fourth-order valence-electron chi connectivity index (χ4n) is 3.54. The summed E-state index contributed by atoms with van der Waals surface area (Å²) in [4.78, 5) is 4.80. The molecule has 2 aliphatic rings. The second-order valence-electron chi connectivity index (χ2n) is 7.39. The summed E-state index contributed by atoms with van der Waals surface area (Å²) in [7, 11) is 2.17. The van der Waals surface area contributed by atoms with Crippen LogP contribution in [0.15, 0.2) is 23.0 Å². The van der Waals surface area contributed by atoms with E-state index in [0.29, 0.717) is 12.1 Å². The second-order valence-corrected chi connectivity index (χ2v) is 7.39. The van der Waals surface area contributed by atoms with Crippen LogP contribution < -0.4 is 0 Å². The molecule has 2 atom stereocenters. The summed E-state index contributed by atoms with van der Waals surface area (Å²) in [5.74, 6) is 0. The lowest BCUT2D eigenvalue weighted by Gasteiger charge is -2.33. The van der Waals surface area contributed by atoms with E-state index >= 15 is 0 Å². The van der Waals surface area contributed by atoms with Gasteiger partial charge in [-0.3, -0.25) is 4.90 Å². The normalized spacial score (nSPS) is 29.7. The largest absolute Gasteiger partial charge is 0.472 e. The smallest absolute Gasteiger partial charge is 0.105 e. The lowest BCUT2D eigenvalue weighted by Crippen LogP contribution is -2.45. The van der Waals surface area contributed by atoms with Crippen LogP contribution in [0.2, 0.25) is 0 Å². The van der Waals surface area contributed by atoms with E-state index in [0.717, 1.165) is 52.2 Å². The molecule has 2 saturated heterocycles. The maximum atomic E-state index is 6.51. The van der Waals surface area contributed by atoms with Crippen molar-refractivity contribution in [1.82, 2.24) is 9.80 Å². The molecule has 5 nitrogen and oxygen atoms in total. The van der Waals surface area contributed by atoms with E-state index < -0.39 is 0 Å². The quantitative estimate of drug-likeness (QED) is 0.832. The topological polar surface area (TPSA) is 38.1 Å². The highest BCUT2D eigenvalue weighted by molar-refractivity contribution is 5.06. The highest BCUT2D eigenvalue weighted by Crippen LogP contribution is 2.33. The van der Waals surface area contributed by atoms with Crippen LogP contribution in [0.3, 0.4) is 0 Å². The number of hydrogen-bond acceptors (Lipinski definition) is 5. The van der Waals surface area contributed by atoms with E-state index in [2.05, 4.69) is 30.7 Å². The number of rotatable bonds is 5. The van der Waals surface area contributed by atoms with E-state index in [-0.39, 0.29) is 5.60 Å². The van der Waals surface area contributed by atoms with Crippen LogP contribution in [0, 0.1) is 0 Å². The first-order chi connectivity index (χ1) is 11.1. The highest BCUT2D eigenvalue weighted by atomic mass is 16.6. The summed E-state index contributed by atoms with van der Waals surface area (Å²) in [6, 6.07) is 2.59. The lowest BCUT2D eigenvalue weighted by atomic mass is 10.00. The SMILES string of the molecule is CC(C)N(C)C[C@H]1CC[C@@]2(COCCN(Cc3ccoc3)C2)O1. The Morgan fingerprint density at radius 1 is 1.43 bits per heavy atom. The third-order valence-electron chi connectivity index (χ3n) is 5.13. The van der Waals surface area contributed by atoms with Crippen molar-refractivity contribution in [2.45, 2.75) is 51.0 Å². The predicted molar refractivity (Wildman–Crippen MR) is 89.4 cm³/mol. The summed E-state index contributed by atoms with van der Waals surface area (Å²) in [5.41, 5.74) is 1.08. The standard InChI is InChI=1S/C18H30N2O3/c1-15(2)19(3)11-17-4-6-18(23-17)13-20(7-9-22-14-18)10-16-5-8-21-12-16/h5,8,12,15,17H,4,6-7,9-11,13-14H2,1-3H3/t17-,18-/m1/s1. The van der Waals surface area contributed by atoms with Crippen LogP contribution in [0.25, 0.3) is 0 Å². The van der Waals surface area contributed by atoms with Crippen molar-refractivity contribution < 1.29 is 13.9 Å². The molecule has 2 fully saturated rings. The summed E-state index contributed by atoms with van der Waals surface area (Å²) in [6.45, 7) is 9.75. The van der Waals surface area contributed by atoms with Crippen LogP contribution in [-0.4, -0.2) is 67.4 Å². The van der Waals surface area contributed by atoms with Crippen molar-refractivity contribution in [3.63, 3.8) is 0 Å². The van der Waals surface area contributed by atoms with E-state index in [9.17, 15) is 0 Å². The number of nitrogens with zero attached hydrogens (tertiary/aromatic N) is 2. The van der Waals surface area contributed by atoms with Gasteiger partial charge in [-0.15, -0.1) is 0 Å². The van der Waals surface area contributed by atoms with Gasteiger partial charge in [-0.25, -0.2) is 0 Å². The molecule has 0 unspecified atom stereocenters. The Morgan fingerprint density at radius 2 is 2.30 bits per heavy atom. The summed E-state index contributed by atoms with van der Waals surface area (Å²) in [5, 5.41) is 0. The molecular weight excluding hydrogens is 292 g/mol. The molecule has 1 aromatic heterocycles. The van der Waals surface area contributed by atoms with Gasteiger partial charge in [0.1, 0.15) is 5.60 Å². The van der Waals surface area contributed by atoms with Crippen molar-refractivity contribution in [3.05, 3.63) is 24.2 Å². The average molecular weight is 322 g/mol. The zero-order valence-electron chi connectivity index (χ0n) is 14.7. The van der Waals surface area contributed by atoms with Crippen molar-refractivity contribution in [2.75, 3.05) is 39.9 Å². The Bertz CT molecular complexity index is 477. The molecule has 5 heteroatoms. The average Bonchev–Trinajstić information content (AvgIpc) is 3.09. The second kappa shape index (κ2) is 7.34. The summed E-state index contributed by atoms with van der Waals surface area (Å²) < 4.78 is 17.6. The Balaban J connectivity index is 1.59. The van der Waals surface area contributed by atoms with Gasteiger partial charge in [-0.2, -0.15) is 0 Å². The molecule has 0 saturated carbocycles. The van der Waals surface area contributed by atoms with Gasteiger partial charge in [-0.05, 0) is 39.8 Å². The molecule has 2 aliphatic heterocycles. The molecule has 0 radical (unpaired) electrons. The molecule has 1 spiro atoms. The van der Waals surface area contributed by atoms with Gasteiger partial charge in [0.15, 0.2) is 0 Å². The number of hydrogen-bond donors (Lipinski definition) is 0. The summed E-state index contributed by atoms with van der Waals surface area (Å²) in [6.07, 6.45) is 6.10. The maximum absolute atomic E-state index is 6.51. The Hall–Kier alpha value is -0.880. The molecule has 0 aromatic carbocycles. The van der Waals surface area contributed by atoms with E-state index in [4.69, 9.17) is 13.9 Å². The number of ether oxygens (including phenoxy) is 2. The minimum absolute atomic E-state index is 0.136. The highest BCUT2D eigenvalue weighted by Gasteiger charge is 2.43. The van der Waals surface area contributed by atoms with Gasteiger partial charge in [0.25, 0.3) is 0 Å². The van der Waals surface area contributed by atoms with Crippen LogP contribution in [0.5, 0.6) is 0 Å². The minimum atomic E-state index is -0.136. The maximum Gasteiger partial charge on any atom is 0.105 e. The molecule has 130 valence electrons. The molecule has 3 rings (SSSR count). The van der Waals surface area contributed by atoms with Crippen LogP contribution in [0.1, 0.15) is 32.3 Å². The zero-order chi connectivity index (χ0) is 16.3. The number of furan rings is 1. The first-order valence-electron chi connectivity index (χ1n) is 8.75. The van der Waals surface area contributed by atoms with E-state index in [1.165, 1.54) is 5.56 Å². The van der Waals surface area contributed by atoms with Gasteiger partial charge in [0, 0.05) is 37.8 Å². The Morgan fingerprint density at radius 3 is 3.04 bits per heavy atom. The van der Waals surface area contributed by atoms with Crippen molar-refractivity contribution >= 4 is 0 Å². The molecule has 0 amide bonds. The third-order valence-corrected chi connectivity index (χ3v) is 5.13. The van der Waals surface area contributed by atoms with Crippen molar-refractivity contribution in [1.29, 1.82) is 0 Å². The monoisotopic (exact) mass is 322 g/mol. The van der Waals surface area contributed by atoms with Crippen LogP contribution >= 0.6 is 0 Å². The fourth-order valence-corrected chi connectivity index (χ4v) is 3.54. The van der Waals surface area contributed by atoms with E-state index in [1.54, 1.807) is 6.26 Å². The van der Waals surface area contributed by atoms with Gasteiger partial charge in [0.05, 0.1) is 31.8 Å². The zero-order valence-corrected chi connectivity index (χ0v) is 14.7. The first-order valence-corrected chi connectivity index (χ1v) is 8.75. The Labute approximate surface area is 139 Å². The third kappa shape index (κ3) is 4.35. The molecule has 23 heavy (non-hydrogen) atoms. The van der Waals surface area contributed by atoms with Crippen molar-refractivity contribution in [3.8, 4) is 0 Å². The Kier molecular flexibility index (Phi) is 5.42.